The van der Waals surface area contributed by atoms with E-state index < -0.39 is 0 Å². The summed E-state index contributed by atoms with van der Waals surface area (Å²) in [6, 6.07) is 2.27. The van der Waals surface area contributed by atoms with Crippen LogP contribution < -0.4 is 16.4 Å². The Kier molecular flexibility index (Phi) is 3.33. The topological polar surface area (TPSA) is 84.3 Å². The number of nitrogens with zero attached hydrogens (tertiary/aromatic N) is 4. The van der Waals surface area contributed by atoms with E-state index in [1.165, 1.54) is 0 Å². The monoisotopic (exact) mass is 236 g/mol. The van der Waals surface area contributed by atoms with E-state index in [0.29, 0.717) is 11.9 Å². The van der Waals surface area contributed by atoms with Gasteiger partial charge in [0, 0.05) is 19.2 Å². The molecule has 4 N–H and O–H groups in total. The number of nitrogens with two attached hydrogens (primary N) is 2. The predicted octanol–water partition coefficient (Wildman–Crippen LogP) is 0.171. The lowest BCUT2D eigenvalue weighted by Crippen LogP contribution is -2.42. The van der Waals surface area contributed by atoms with Gasteiger partial charge in [0.2, 0.25) is 5.95 Å². The highest BCUT2D eigenvalue weighted by molar-refractivity contribution is 5.50. The van der Waals surface area contributed by atoms with E-state index in [2.05, 4.69) is 26.8 Å². The van der Waals surface area contributed by atoms with Crippen LogP contribution in [0.3, 0.4) is 0 Å². The van der Waals surface area contributed by atoms with Crippen molar-refractivity contribution in [3.63, 3.8) is 0 Å². The Hall–Kier alpha value is -1.56. The van der Waals surface area contributed by atoms with E-state index in [-0.39, 0.29) is 5.95 Å². The molecule has 1 aromatic rings. The molecule has 6 heteroatoms. The fourth-order valence-electron chi connectivity index (χ4n) is 2.22. The molecule has 2 rings (SSSR count). The molecule has 0 atom stereocenters. The van der Waals surface area contributed by atoms with Crippen LogP contribution in [-0.4, -0.2) is 48.1 Å². The van der Waals surface area contributed by atoms with E-state index in [0.717, 1.165) is 31.7 Å². The highest BCUT2D eigenvalue weighted by atomic mass is 15.2. The second kappa shape index (κ2) is 4.75. The largest absolute Gasteiger partial charge is 0.383 e. The molecule has 17 heavy (non-hydrogen) atoms. The van der Waals surface area contributed by atoms with E-state index >= 15 is 0 Å². The first-order valence-corrected chi connectivity index (χ1v) is 5.87. The molecule has 0 spiro atoms. The molecule has 0 aliphatic carbocycles. The third-order valence-electron chi connectivity index (χ3n) is 3.35. The van der Waals surface area contributed by atoms with Gasteiger partial charge in [-0.3, -0.25) is 0 Å². The van der Waals surface area contributed by atoms with Gasteiger partial charge in [0.1, 0.15) is 11.6 Å². The van der Waals surface area contributed by atoms with E-state index in [1.807, 2.05) is 7.05 Å². The van der Waals surface area contributed by atoms with Crippen molar-refractivity contribution in [1.29, 1.82) is 0 Å². The molecule has 94 valence electrons. The molecule has 1 aliphatic heterocycles. The molecule has 0 saturated carbocycles. The molecular formula is C11H20N6. The summed E-state index contributed by atoms with van der Waals surface area (Å²) >= 11 is 0. The average molecular weight is 236 g/mol. The van der Waals surface area contributed by atoms with Crippen LogP contribution >= 0.6 is 0 Å². The van der Waals surface area contributed by atoms with Crippen molar-refractivity contribution in [2.75, 3.05) is 43.6 Å². The van der Waals surface area contributed by atoms with Crippen LogP contribution in [0.5, 0.6) is 0 Å². The molecule has 1 saturated heterocycles. The minimum Gasteiger partial charge on any atom is -0.383 e. The first-order valence-electron chi connectivity index (χ1n) is 5.87. The van der Waals surface area contributed by atoms with Gasteiger partial charge in [0.15, 0.2) is 0 Å². The third-order valence-corrected chi connectivity index (χ3v) is 3.35. The van der Waals surface area contributed by atoms with Gasteiger partial charge in [-0.25, -0.2) is 0 Å². The van der Waals surface area contributed by atoms with Crippen molar-refractivity contribution in [1.82, 2.24) is 14.9 Å². The lowest BCUT2D eigenvalue weighted by molar-refractivity contribution is 0.252. The third kappa shape index (κ3) is 2.76. The Labute approximate surface area is 102 Å². The predicted molar refractivity (Wildman–Crippen MR) is 69.8 cm³/mol. The number of hydrogen-bond donors (Lipinski definition) is 2. The zero-order valence-corrected chi connectivity index (χ0v) is 10.4. The lowest BCUT2D eigenvalue weighted by atomic mass is 10.0. The molecular weight excluding hydrogens is 216 g/mol. The second-order valence-corrected chi connectivity index (χ2v) is 4.65. The molecule has 6 nitrogen and oxygen atoms in total. The van der Waals surface area contributed by atoms with Gasteiger partial charge in [-0.2, -0.15) is 9.97 Å². The molecule has 0 unspecified atom stereocenters. The highest BCUT2D eigenvalue weighted by Crippen LogP contribution is 2.21. The number of piperidine rings is 1. The first-order chi connectivity index (χ1) is 8.06. The summed E-state index contributed by atoms with van der Waals surface area (Å²) in [4.78, 5) is 12.6. The van der Waals surface area contributed by atoms with Crippen molar-refractivity contribution >= 4 is 17.6 Å². The molecule has 1 fully saturated rings. The number of anilines is 3. The van der Waals surface area contributed by atoms with Gasteiger partial charge in [-0.1, -0.05) is 0 Å². The summed E-state index contributed by atoms with van der Waals surface area (Å²) in [5.41, 5.74) is 11.3. The summed E-state index contributed by atoms with van der Waals surface area (Å²) in [7, 11) is 4.19. The Bertz CT molecular complexity index is 365. The zero-order valence-electron chi connectivity index (χ0n) is 10.4. The normalized spacial score (nSPS) is 18.2. The lowest BCUT2D eigenvalue weighted by Gasteiger charge is -2.35. The summed E-state index contributed by atoms with van der Waals surface area (Å²) in [6.45, 7) is 2.23. The van der Waals surface area contributed by atoms with Crippen molar-refractivity contribution in [2.45, 2.75) is 18.9 Å². The van der Waals surface area contributed by atoms with Gasteiger partial charge >= 0.3 is 0 Å². The number of rotatable bonds is 2. The van der Waals surface area contributed by atoms with Crippen LogP contribution in [0.1, 0.15) is 12.8 Å². The fraction of sp³-hybridized carbons (Fsp3) is 0.636. The number of nitrogen functional groups attached to an aromatic ring is 2. The van der Waals surface area contributed by atoms with Crippen LogP contribution in [-0.2, 0) is 0 Å². The van der Waals surface area contributed by atoms with Gasteiger partial charge in [-0.05, 0) is 33.0 Å². The molecule has 0 bridgehead atoms. The van der Waals surface area contributed by atoms with Crippen molar-refractivity contribution in [3.8, 4) is 0 Å². The van der Waals surface area contributed by atoms with E-state index in [4.69, 9.17) is 11.5 Å². The summed E-state index contributed by atoms with van der Waals surface area (Å²) in [6.07, 6.45) is 2.27. The summed E-state index contributed by atoms with van der Waals surface area (Å²) in [5.74, 6) is 1.47. The first kappa shape index (κ1) is 11.9. The molecule has 0 radical (unpaired) electrons. The van der Waals surface area contributed by atoms with Crippen LogP contribution in [0, 0.1) is 0 Å². The van der Waals surface area contributed by atoms with Crippen LogP contribution in [0.4, 0.5) is 17.6 Å². The number of likely N-dealkylation sites (tertiary alicyclic amines) is 1. The van der Waals surface area contributed by atoms with Crippen molar-refractivity contribution in [3.05, 3.63) is 6.07 Å². The van der Waals surface area contributed by atoms with Crippen molar-refractivity contribution < 1.29 is 0 Å². The highest BCUT2D eigenvalue weighted by Gasteiger charge is 2.21. The fourth-order valence-corrected chi connectivity index (χ4v) is 2.22. The van der Waals surface area contributed by atoms with Gasteiger partial charge < -0.3 is 21.3 Å². The Morgan fingerprint density at radius 1 is 1.29 bits per heavy atom. The van der Waals surface area contributed by atoms with E-state index in [1.54, 1.807) is 6.07 Å². The molecule has 0 aromatic carbocycles. The van der Waals surface area contributed by atoms with Crippen LogP contribution in [0.25, 0.3) is 0 Å². The Morgan fingerprint density at radius 3 is 2.53 bits per heavy atom. The van der Waals surface area contributed by atoms with Gasteiger partial charge in [0.25, 0.3) is 0 Å². The van der Waals surface area contributed by atoms with Crippen LogP contribution in [0.15, 0.2) is 6.07 Å². The SMILES string of the molecule is CN1CCC(N(C)c2cc(N)nc(N)n2)CC1. The van der Waals surface area contributed by atoms with Gasteiger partial charge in [0.05, 0.1) is 0 Å². The summed E-state index contributed by atoms with van der Waals surface area (Å²) < 4.78 is 0. The molecule has 0 amide bonds. The molecule has 1 aliphatic rings. The molecule has 1 aromatic heterocycles. The minimum atomic E-state index is 0.236. The molecule has 2 heterocycles. The minimum absolute atomic E-state index is 0.236. The average Bonchev–Trinajstić information content (AvgIpc) is 2.28. The second-order valence-electron chi connectivity index (χ2n) is 4.65. The maximum Gasteiger partial charge on any atom is 0.223 e. The van der Waals surface area contributed by atoms with E-state index in [9.17, 15) is 0 Å². The maximum absolute atomic E-state index is 5.68. The quantitative estimate of drug-likeness (QED) is 0.761. The zero-order chi connectivity index (χ0) is 12.4. The maximum atomic E-state index is 5.68. The smallest absolute Gasteiger partial charge is 0.223 e. The Balaban J connectivity index is 2.10. The summed E-state index contributed by atoms with van der Waals surface area (Å²) in [5, 5.41) is 0. The standard InChI is InChI=1S/C11H20N6/c1-16-5-3-8(4-6-16)17(2)10-7-9(12)14-11(13)15-10/h7-8H,3-6H2,1-2H3,(H4,12,13,14,15). The number of hydrogen-bond acceptors (Lipinski definition) is 6. The van der Waals surface area contributed by atoms with Crippen molar-refractivity contribution in [2.24, 2.45) is 0 Å². The van der Waals surface area contributed by atoms with Crippen LogP contribution in [0.2, 0.25) is 0 Å². The van der Waals surface area contributed by atoms with Gasteiger partial charge in [-0.15, -0.1) is 0 Å². The number of aromatic nitrogens is 2. The Morgan fingerprint density at radius 2 is 1.94 bits per heavy atom.